The van der Waals surface area contributed by atoms with Gasteiger partial charge >= 0.3 is 5.97 Å². The molecule has 3 heterocycles. The van der Waals surface area contributed by atoms with E-state index in [1.807, 2.05) is 83.6 Å². The van der Waals surface area contributed by atoms with Crippen LogP contribution >= 0.6 is 27.3 Å². The number of benzene rings is 3. The van der Waals surface area contributed by atoms with Gasteiger partial charge in [-0.05, 0) is 71.7 Å². The summed E-state index contributed by atoms with van der Waals surface area (Å²) in [5.41, 5.74) is 3.57. The topological polar surface area (TPSA) is 104 Å². The monoisotopic (exact) mass is 684 g/mol. The predicted octanol–water partition coefficient (Wildman–Crippen LogP) is 5.16. The highest BCUT2D eigenvalue weighted by molar-refractivity contribution is 9.10. The van der Waals surface area contributed by atoms with E-state index in [0.717, 1.165) is 22.2 Å². The molecule has 45 heavy (non-hydrogen) atoms. The molecule has 2 aromatic heterocycles. The van der Waals surface area contributed by atoms with Gasteiger partial charge in [0.15, 0.2) is 4.80 Å². The van der Waals surface area contributed by atoms with Crippen molar-refractivity contribution in [2.24, 2.45) is 4.99 Å². The summed E-state index contributed by atoms with van der Waals surface area (Å²) in [6, 6.07) is 21.7. The highest BCUT2D eigenvalue weighted by Crippen LogP contribution is 2.35. The van der Waals surface area contributed by atoms with Crippen LogP contribution < -0.4 is 24.9 Å². The number of thiazole rings is 1. The number of allylic oxidation sites excluding steroid dienone is 1. The number of carbonyl (C=O) groups is 2. The summed E-state index contributed by atoms with van der Waals surface area (Å²) in [6.07, 6.45) is 3.70. The number of nitrogens with one attached hydrogen (secondary N) is 1. The highest BCUT2D eigenvalue weighted by atomic mass is 79.9. The number of methoxy groups -OCH3 is 1. The summed E-state index contributed by atoms with van der Waals surface area (Å²) in [5.74, 6) is -0.0688. The number of anilines is 1. The third-order valence-corrected chi connectivity index (χ3v) is 9.09. The van der Waals surface area contributed by atoms with Crippen LogP contribution in [-0.2, 0) is 20.9 Å². The Kier molecular flexibility index (Phi) is 8.55. The number of amides is 1. The van der Waals surface area contributed by atoms with Crippen LogP contribution in [0.15, 0.2) is 105 Å². The van der Waals surface area contributed by atoms with Crippen molar-refractivity contribution in [1.29, 1.82) is 0 Å². The number of para-hydroxylation sites is 2. The van der Waals surface area contributed by atoms with Gasteiger partial charge in [0.1, 0.15) is 12.3 Å². The lowest BCUT2D eigenvalue weighted by Gasteiger charge is -2.25. The first-order valence-electron chi connectivity index (χ1n) is 14.2. The van der Waals surface area contributed by atoms with Crippen molar-refractivity contribution in [3.63, 3.8) is 0 Å². The molecule has 3 aromatic carbocycles. The van der Waals surface area contributed by atoms with Gasteiger partial charge in [-0.1, -0.05) is 53.8 Å². The fourth-order valence-electron chi connectivity index (χ4n) is 5.50. The fourth-order valence-corrected chi connectivity index (χ4v) is 7.09. The molecular formula is C34H29BrN4O5S. The van der Waals surface area contributed by atoms with Gasteiger partial charge in [-0.3, -0.25) is 14.2 Å². The largest absolute Gasteiger partial charge is 0.496 e. The SMILES string of the molecule is CCOC(=O)C1=C(C)N=c2s/c(=C/c3cn(CC(=O)Nc4ccccc4)c4ccccc34)c(=O)n2[C@@H]1c1ccc(OC)c(Br)c1. The molecule has 9 nitrogen and oxygen atoms in total. The summed E-state index contributed by atoms with van der Waals surface area (Å²) < 4.78 is 15.4. The number of carbonyl (C=O) groups excluding carboxylic acids is 2. The van der Waals surface area contributed by atoms with Crippen molar-refractivity contribution in [2.45, 2.75) is 26.4 Å². The predicted molar refractivity (Wildman–Crippen MR) is 178 cm³/mol. The van der Waals surface area contributed by atoms with Crippen molar-refractivity contribution in [3.8, 4) is 5.75 Å². The second kappa shape index (κ2) is 12.7. The molecule has 0 saturated carbocycles. The van der Waals surface area contributed by atoms with Crippen molar-refractivity contribution in [1.82, 2.24) is 9.13 Å². The number of esters is 1. The quantitative estimate of drug-likeness (QED) is 0.228. The standard InChI is InChI=1S/C34H29BrN4O5S/c1-4-44-33(42)30-20(2)36-34-39(31(30)21-14-15-27(43-3)25(35)16-21)32(41)28(45-34)17-22-18-38(26-13-9-8-12-24(22)26)19-29(40)37-23-10-6-5-7-11-23/h5-18,31H,4,19H2,1-3H3,(H,37,40)/b28-17+/t31-/m1/s1. The Morgan fingerprint density at radius 2 is 1.84 bits per heavy atom. The lowest BCUT2D eigenvalue weighted by atomic mass is 9.96. The van der Waals surface area contributed by atoms with Crippen LogP contribution in [0.4, 0.5) is 5.69 Å². The lowest BCUT2D eigenvalue weighted by molar-refractivity contribution is -0.139. The minimum Gasteiger partial charge on any atom is -0.496 e. The molecule has 0 aliphatic carbocycles. The number of ether oxygens (including phenoxy) is 2. The van der Waals surface area contributed by atoms with E-state index in [9.17, 15) is 14.4 Å². The first kappa shape index (κ1) is 30.3. The van der Waals surface area contributed by atoms with E-state index in [1.165, 1.54) is 11.3 Å². The van der Waals surface area contributed by atoms with Gasteiger partial charge in [0, 0.05) is 28.4 Å². The average molecular weight is 686 g/mol. The molecule has 1 N–H and O–H groups in total. The van der Waals surface area contributed by atoms with Crippen LogP contribution in [0.25, 0.3) is 17.0 Å². The van der Waals surface area contributed by atoms with Crippen LogP contribution in [0.1, 0.15) is 31.0 Å². The van der Waals surface area contributed by atoms with Crippen LogP contribution in [0.2, 0.25) is 0 Å². The van der Waals surface area contributed by atoms with Crippen molar-refractivity contribution in [2.75, 3.05) is 19.0 Å². The van der Waals surface area contributed by atoms with E-state index < -0.39 is 12.0 Å². The van der Waals surface area contributed by atoms with E-state index in [2.05, 4.69) is 26.2 Å². The first-order valence-corrected chi connectivity index (χ1v) is 15.9. The van der Waals surface area contributed by atoms with Gasteiger partial charge < -0.3 is 19.4 Å². The second-order valence-electron chi connectivity index (χ2n) is 10.3. The van der Waals surface area contributed by atoms with Crippen LogP contribution in [0.3, 0.4) is 0 Å². The molecule has 6 rings (SSSR count). The maximum absolute atomic E-state index is 14.2. The normalized spacial score (nSPS) is 14.7. The zero-order valence-corrected chi connectivity index (χ0v) is 27.1. The smallest absolute Gasteiger partial charge is 0.338 e. The van der Waals surface area contributed by atoms with E-state index in [0.29, 0.717) is 36.4 Å². The van der Waals surface area contributed by atoms with Gasteiger partial charge in [-0.15, -0.1) is 0 Å². The molecule has 1 atom stereocenters. The molecule has 228 valence electrons. The molecular weight excluding hydrogens is 656 g/mol. The second-order valence-corrected chi connectivity index (χ2v) is 12.2. The van der Waals surface area contributed by atoms with Gasteiger partial charge in [0.2, 0.25) is 5.91 Å². The number of hydrogen-bond donors (Lipinski definition) is 1. The van der Waals surface area contributed by atoms with E-state index >= 15 is 0 Å². The molecule has 5 aromatic rings. The molecule has 0 fully saturated rings. The molecule has 1 amide bonds. The van der Waals surface area contributed by atoms with Gasteiger partial charge in [0.05, 0.1) is 40.0 Å². The minimum atomic E-state index is -0.757. The van der Waals surface area contributed by atoms with Crippen molar-refractivity contribution < 1.29 is 19.1 Å². The van der Waals surface area contributed by atoms with Crippen molar-refractivity contribution in [3.05, 3.63) is 126 Å². The molecule has 0 bridgehead atoms. The Bertz CT molecular complexity index is 2160. The van der Waals surface area contributed by atoms with E-state index in [4.69, 9.17) is 9.47 Å². The zero-order valence-electron chi connectivity index (χ0n) is 24.7. The first-order chi connectivity index (χ1) is 21.8. The fraction of sp³-hybridized carbons (Fsp3) is 0.176. The third kappa shape index (κ3) is 5.88. The highest BCUT2D eigenvalue weighted by Gasteiger charge is 2.33. The van der Waals surface area contributed by atoms with Crippen LogP contribution in [-0.4, -0.2) is 34.7 Å². The number of nitrogens with zero attached hydrogens (tertiary/aromatic N) is 3. The molecule has 1 aliphatic heterocycles. The maximum Gasteiger partial charge on any atom is 0.338 e. The molecule has 0 spiro atoms. The Morgan fingerprint density at radius 3 is 2.58 bits per heavy atom. The summed E-state index contributed by atoms with van der Waals surface area (Å²) in [4.78, 5) is 45.5. The Balaban J connectivity index is 1.46. The molecule has 1 aliphatic rings. The number of halogens is 1. The number of hydrogen-bond acceptors (Lipinski definition) is 7. The summed E-state index contributed by atoms with van der Waals surface area (Å²) in [5, 5.41) is 3.82. The maximum atomic E-state index is 14.2. The summed E-state index contributed by atoms with van der Waals surface area (Å²) in [7, 11) is 1.57. The Hall–Kier alpha value is -4.74. The number of fused-ring (bicyclic) bond motifs is 2. The van der Waals surface area contributed by atoms with Gasteiger partial charge in [0.25, 0.3) is 5.56 Å². The average Bonchev–Trinajstić information content (AvgIpc) is 3.52. The minimum absolute atomic E-state index is 0.0962. The van der Waals surface area contributed by atoms with Gasteiger partial charge in [-0.25, -0.2) is 9.79 Å². The van der Waals surface area contributed by atoms with E-state index in [-0.39, 0.29) is 24.6 Å². The summed E-state index contributed by atoms with van der Waals surface area (Å²) in [6.45, 7) is 3.78. The van der Waals surface area contributed by atoms with Crippen molar-refractivity contribution >= 4 is 61.8 Å². The Labute approximate surface area is 270 Å². The molecule has 11 heteroatoms. The summed E-state index contributed by atoms with van der Waals surface area (Å²) >= 11 is 4.79. The molecule has 0 unspecified atom stereocenters. The molecule has 0 saturated heterocycles. The van der Waals surface area contributed by atoms with Gasteiger partial charge in [-0.2, -0.15) is 0 Å². The van der Waals surface area contributed by atoms with Crippen LogP contribution in [0, 0.1) is 0 Å². The third-order valence-electron chi connectivity index (χ3n) is 7.49. The van der Waals surface area contributed by atoms with Crippen LogP contribution in [0.5, 0.6) is 5.75 Å². The number of rotatable bonds is 8. The Morgan fingerprint density at radius 1 is 1.09 bits per heavy atom. The zero-order chi connectivity index (χ0) is 31.7. The number of aromatic nitrogens is 2. The lowest BCUT2D eigenvalue weighted by Crippen LogP contribution is -2.39. The molecule has 0 radical (unpaired) electrons. The van der Waals surface area contributed by atoms with E-state index in [1.54, 1.807) is 31.6 Å².